The molecule has 9 nitrogen and oxygen atoms in total. The van der Waals surface area contributed by atoms with Crippen molar-refractivity contribution in [1.82, 2.24) is 20.4 Å². The van der Waals surface area contributed by atoms with Crippen LogP contribution in [0.1, 0.15) is 24.2 Å². The van der Waals surface area contributed by atoms with E-state index in [0.29, 0.717) is 17.0 Å². The molecule has 0 unspecified atom stereocenters. The number of carbonyl (C=O) groups excluding carboxylic acids is 3. The lowest BCUT2D eigenvalue weighted by Crippen LogP contribution is -2.44. The van der Waals surface area contributed by atoms with Gasteiger partial charge in [0.2, 0.25) is 0 Å². The van der Waals surface area contributed by atoms with Crippen LogP contribution in [0, 0.1) is 5.82 Å². The van der Waals surface area contributed by atoms with Gasteiger partial charge >= 0.3 is 12.0 Å². The first-order valence-electron chi connectivity index (χ1n) is 10.0. The zero-order valence-corrected chi connectivity index (χ0v) is 18.3. The van der Waals surface area contributed by atoms with Crippen LogP contribution in [-0.4, -0.2) is 47.4 Å². The van der Waals surface area contributed by atoms with Crippen LogP contribution in [0.2, 0.25) is 0 Å². The minimum Gasteiger partial charge on any atom is -0.497 e. The van der Waals surface area contributed by atoms with Crippen LogP contribution < -0.4 is 15.4 Å². The molecule has 10 heteroatoms. The molecule has 0 spiro atoms. The number of nitrogens with zero attached hydrogens (tertiary/aromatic N) is 2. The maximum absolute atomic E-state index is 13.3. The Morgan fingerprint density at radius 3 is 2.52 bits per heavy atom. The summed E-state index contributed by atoms with van der Waals surface area (Å²) in [5.74, 6) is -1.46. The summed E-state index contributed by atoms with van der Waals surface area (Å²) in [6.45, 7) is 2.82. The highest BCUT2D eigenvalue weighted by Crippen LogP contribution is 2.27. The molecule has 2 N–H and O–H groups in total. The molecule has 0 saturated carbocycles. The van der Waals surface area contributed by atoms with Gasteiger partial charge in [-0.1, -0.05) is 12.1 Å². The van der Waals surface area contributed by atoms with Gasteiger partial charge in [0.05, 0.1) is 12.8 Å². The summed E-state index contributed by atoms with van der Waals surface area (Å²) in [5, 5.41) is 9.03. The maximum Gasteiger partial charge on any atom is 0.342 e. The van der Waals surface area contributed by atoms with Crippen molar-refractivity contribution in [3.05, 3.63) is 66.1 Å². The van der Waals surface area contributed by atoms with Crippen LogP contribution in [0.4, 0.5) is 9.18 Å². The van der Waals surface area contributed by atoms with Crippen LogP contribution >= 0.6 is 0 Å². The number of halogens is 1. The number of aromatic nitrogens is 2. The second kappa shape index (κ2) is 10.4. The average Bonchev–Trinajstić information content (AvgIpc) is 3.23. The highest BCUT2D eigenvalue weighted by molar-refractivity contribution is 5.99. The van der Waals surface area contributed by atoms with Crippen molar-refractivity contribution in [3.63, 3.8) is 0 Å². The topological polar surface area (TPSA) is 112 Å². The SMILES string of the molecule is COc1cccc(-c2nn(-c3ccc(F)cc3)cc2C(=O)OCC(=O)NC(=O)NC(C)C)c1. The smallest absolute Gasteiger partial charge is 0.342 e. The number of methoxy groups -OCH3 is 1. The lowest BCUT2D eigenvalue weighted by Gasteiger charge is -2.09. The van der Waals surface area contributed by atoms with Crippen molar-refractivity contribution < 1.29 is 28.2 Å². The number of amides is 3. The zero-order chi connectivity index (χ0) is 24.0. The van der Waals surface area contributed by atoms with Crippen molar-refractivity contribution in [2.24, 2.45) is 0 Å². The molecule has 0 atom stereocenters. The van der Waals surface area contributed by atoms with Crippen LogP contribution in [-0.2, 0) is 9.53 Å². The third kappa shape index (κ3) is 6.16. The summed E-state index contributed by atoms with van der Waals surface area (Å²) in [4.78, 5) is 36.4. The highest BCUT2D eigenvalue weighted by Gasteiger charge is 2.22. The molecule has 33 heavy (non-hydrogen) atoms. The molecule has 1 heterocycles. The Bertz CT molecular complexity index is 1160. The van der Waals surface area contributed by atoms with Gasteiger partial charge in [0, 0.05) is 17.8 Å². The number of benzene rings is 2. The van der Waals surface area contributed by atoms with Gasteiger partial charge in [-0.15, -0.1) is 0 Å². The molecule has 0 fully saturated rings. The molecule has 0 bridgehead atoms. The number of esters is 1. The number of urea groups is 1. The van der Waals surface area contributed by atoms with Crippen LogP contribution in [0.3, 0.4) is 0 Å². The van der Waals surface area contributed by atoms with Gasteiger partial charge in [0.25, 0.3) is 5.91 Å². The Labute approximate surface area is 189 Å². The van der Waals surface area contributed by atoms with E-state index in [2.05, 4.69) is 15.7 Å². The van der Waals surface area contributed by atoms with E-state index in [1.165, 1.54) is 42.3 Å². The van der Waals surface area contributed by atoms with Crippen LogP contribution in [0.25, 0.3) is 16.9 Å². The molecule has 0 aliphatic rings. The number of nitrogens with one attached hydrogen (secondary N) is 2. The van der Waals surface area contributed by atoms with Gasteiger partial charge in [-0.25, -0.2) is 18.7 Å². The fraction of sp³-hybridized carbons (Fsp3) is 0.217. The number of carbonyl (C=O) groups is 3. The number of hydrogen-bond acceptors (Lipinski definition) is 6. The molecule has 0 radical (unpaired) electrons. The Morgan fingerprint density at radius 2 is 1.85 bits per heavy atom. The van der Waals surface area contributed by atoms with Crippen LogP contribution in [0.5, 0.6) is 5.75 Å². The Morgan fingerprint density at radius 1 is 1.12 bits per heavy atom. The molecule has 3 aromatic rings. The van der Waals surface area contributed by atoms with Gasteiger partial charge in [-0.2, -0.15) is 5.10 Å². The largest absolute Gasteiger partial charge is 0.497 e. The molecule has 2 aromatic carbocycles. The molecular formula is C23H23FN4O5. The first kappa shape index (κ1) is 23.5. The van der Waals surface area contributed by atoms with E-state index in [4.69, 9.17) is 9.47 Å². The standard InChI is InChI=1S/C23H23FN4O5/c1-14(2)25-23(31)26-20(29)13-33-22(30)19-12-28(17-9-7-16(24)8-10-17)27-21(19)15-5-4-6-18(11-15)32-3/h4-12,14H,13H2,1-3H3,(H2,25,26,29,31). The van der Waals surface area contributed by atoms with E-state index < -0.39 is 30.3 Å². The van der Waals surface area contributed by atoms with E-state index >= 15 is 0 Å². The first-order chi connectivity index (χ1) is 15.8. The Balaban J connectivity index is 1.85. The third-order valence-electron chi connectivity index (χ3n) is 4.38. The Hall–Kier alpha value is -4.21. The van der Waals surface area contributed by atoms with E-state index in [-0.39, 0.29) is 17.3 Å². The lowest BCUT2D eigenvalue weighted by molar-refractivity contribution is -0.123. The van der Waals surface area contributed by atoms with Gasteiger partial charge in [0.1, 0.15) is 22.8 Å². The van der Waals surface area contributed by atoms with Gasteiger partial charge in [-0.3, -0.25) is 10.1 Å². The van der Waals surface area contributed by atoms with Gasteiger partial charge in [0.15, 0.2) is 6.61 Å². The minimum absolute atomic E-state index is 0.0759. The van der Waals surface area contributed by atoms with E-state index in [1.54, 1.807) is 38.1 Å². The molecule has 0 aliphatic carbocycles. The first-order valence-corrected chi connectivity index (χ1v) is 10.0. The average molecular weight is 454 g/mol. The zero-order valence-electron chi connectivity index (χ0n) is 18.3. The summed E-state index contributed by atoms with van der Waals surface area (Å²) in [7, 11) is 1.51. The minimum atomic E-state index is -0.819. The van der Waals surface area contributed by atoms with E-state index in [1.807, 2.05) is 0 Å². The number of rotatable bonds is 7. The number of imide groups is 1. The summed E-state index contributed by atoms with van der Waals surface area (Å²) < 4.78 is 25.1. The molecule has 0 aliphatic heterocycles. The highest BCUT2D eigenvalue weighted by atomic mass is 19.1. The van der Waals surface area contributed by atoms with Crippen LogP contribution in [0.15, 0.2) is 54.7 Å². The Kier molecular flexibility index (Phi) is 7.39. The molecule has 1 aromatic heterocycles. The monoisotopic (exact) mass is 454 g/mol. The predicted molar refractivity (Wildman–Crippen MR) is 118 cm³/mol. The number of ether oxygens (including phenoxy) is 2. The molecule has 172 valence electrons. The molecule has 3 amide bonds. The summed E-state index contributed by atoms with van der Waals surface area (Å²) >= 11 is 0. The fourth-order valence-corrected chi connectivity index (χ4v) is 2.90. The lowest BCUT2D eigenvalue weighted by atomic mass is 10.1. The quantitative estimate of drug-likeness (QED) is 0.531. The van der Waals surface area contributed by atoms with Crippen molar-refractivity contribution in [3.8, 4) is 22.7 Å². The normalized spacial score (nSPS) is 10.6. The summed E-state index contributed by atoms with van der Waals surface area (Å²) in [6.07, 6.45) is 1.42. The van der Waals surface area contributed by atoms with Crippen molar-refractivity contribution in [2.45, 2.75) is 19.9 Å². The van der Waals surface area contributed by atoms with Crippen molar-refractivity contribution in [1.29, 1.82) is 0 Å². The second-order valence-corrected chi connectivity index (χ2v) is 7.30. The van der Waals surface area contributed by atoms with Gasteiger partial charge < -0.3 is 14.8 Å². The molecular weight excluding hydrogens is 431 g/mol. The molecule has 3 rings (SSSR count). The maximum atomic E-state index is 13.3. The fourth-order valence-electron chi connectivity index (χ4n) is 2.90. The van der Waals surface area contributed by atoms with Crippen molar-refractivity contribution >= 4 is 17.9 Å². The van der Waals surface area contributed by atoms with Crippen molar-refractivity contribution in [2.75, 3.05) is 13.7 Å². The number of hydrogen-bond donors (Lipinski definition) is 2. The molecule has 0 saturated heterocycles. The van der Waals surface area contributed by atoms with E-state index in [0.717, 1.165) is 0 Å². The summed E-state index contributed by atoms with van der Waals surface area (Å²) in [5.41, 5.74) is 1.44. The van der Waals surface area contributed by atoms with Gasteiger partial charge in [-0.05, 0) is 50.2 Å². The third-order valence-corrected chi connectivity index (χ3v) is 4.38. The predicted octanol–water partition coefficient (Wildman–Crippen LogP) is 3.08. The summed E-state index contributed by atoms with van der Waals surface area (Å²) in [6, 6.07) is 11.6. The van der Waals surface area contributed by atoms with E-state index in [9.17, 15) is 18.8 Å². The second-order valence-electron chi connectivity index (χ2n) is 7.30.